The number of carbonyl (C=O) groups excluding carboxylic acids is 1. The molecule has 2 aromatic carbocycles. The Morgan fingerprint density at radius 1 is 0.951 bits per heavy atom. The molecule has 216 valence electrons. The Labute approximate surface area is 240 Å². The predicted molar refractivity (Wildman–Crippen MR) is 151 cm³/mol. The topological polar surface area (TPSA) is 102 Å². The average molecular weight is 560 g/mol. The summed E-state index contributed by atoms with van der Waals surface area (Å²) >= 11 is 0. The number of amides is 1. The lowest BCUT2D eigenvalue weighted by Gasteiger charge is -2.41. The van der Waals surface area contributed by atoms with Crippen LogP contribution >= 0.6 is 0 Å². The lowest BCUT2D eigenvalue weighted by Crippen LogP contribution is -2.48. The summed E-state index contributed by atoms with van der Waals surface area (Å²) in [6.07, 6.45) is 4.99. The van der Waals surface area contributed by atoms with Gasteiger partial charge in [-0.25, -0.2) is 0 Å². The first kappa shape index (κ1) is 28.0. The van der Waals surface area contributed by atoms with Crippen LogP contribution in [0.3, 0.4) is 0 Å². The van der Waals surface area contributed by atoms with E-state index in [0.717, 1.165) is 61.2 Å². The summed E-state index contributed by atoms with van der Waals surface area (Å²) in [5.41, 5.74) is 4.39. The van der Waals surface area contributed by atoms with Crippen molar-refractivity contribution in [2.24, 2.45) is 0 Å². The van der Waals surface area contributed by atoms with Crippen molar-refractivity contribution in [2.45, 2.75) is 56.7 Å². The molecule has 0 bridgehead atoms. The Hall–Kier alpha value is -3.18. The molecule has 1 spiro atoms. The lowest BCUT2D eigenvalue weighted by atomic mass is 9.98. The van der Waals surface area contributed by atoms with Crippen molar-refractivity contribution in [1.82, 2.24) is 15.2 Å². The van der Waals surface area contributed by atoms with E-state index in [-0.39, 0.29) is 24.7 Å². The van der Waals surface area contributed by atoms with Crippen molar-refractivity contribution in [3.05, 3.63) is 101 Å². The first-order valence-corrected chi connectivity index (χ1v) is 14.4. The van der Waals surface area contributed by atoms with Crippen molar-refractivity contribution < 1.29 is 28.8 Å². The molecule has 3 saturated heterocycles. The number of ether oxygens (including phenoxy) is 4. The maximum Gasteiger partial charge on any atom is 0.253 e. The molecule has 2 N–H and O–H groups in total. The van der Waals surface area contributed by atoms with E-state index in [2.05, 4.69) is 15.2 Å². The van der Waals surface area contributed by atoms with Gasteiger partial charge in [-0.2, -0.15) is 0 Å². The van der Waals surface area contributed by atoms with Crippen LogP contribution in [-0.4, -0.2) is 65.6 Å². The van der Waals surface area contributed by atoms with Crippen LogP contribution in [0.5, 0.6) is 0 Å². The van der Waals surface area contributed by atoms with Gasteiger partial charge in [-0.1, -0.05) is 48.5 Å². The van der Waals surface area contributed by atoms with Gasteiger partial charge >= 0.3 is 0 Å². The number of nitrogens with one attached hydrogen (secondary N) is 1. The van der Waals surface area contributed by atoms with Gasteiger partial charge in [0.2, 0.25) is 0 Å². The number of piperidine rings is 1. The number of aliphatic hydroxyl groups is 1. The fraction of sp³-hybridized carbons (Fsp3) is 0.438. The molecule has 6 rings (SSSR count). The molecule has 1 aromatic heterocycles. The highest BCUT2D eigenvalue weighted by molar-refractivity contribution is 5.93. The number of hydrogen-bond acceptors (Lipinski definition) is 8. The number of benzene rings is 2. The van der Waals surface area contributed by atoms with Crippen molar-refractivity contribution in [3.63, 3.8) is 0 Å². The maximum absolute atomic E-state index is 12.4. The minimum absolute atomic E-state index is 0.0130. The number of hydrogen-bond donors (Lipinski definition) is 2. The summed E-state index contributed by atoms with van der Waals surface area (Å²) in [5, 5.41) is 12.4. The molecule has 9 nitrogen and oxygen atoms in total. The number of pyridine rings is 1. The predicted octanol–water partition coefficient (Wildman–Crippen LogP) is 3.89. The van der Waals surface area contributed by atoms with Crippen LogP contribution in [0.4, 0.5) is 0 Å². The number of carbonyl (C=O) groups is 1. The standard InChI is InChI=1S/C32H37N3O6/c36-22-24-5-7-25(8-6-24)29-18-28(21-35-14-11-32(12-15-35)38-16-17-39-32)40-31(41-29)26-9-3-23(4-10-26)19-34-30(37)27-2-1-13-33-20-27/h1-10,13,20,28-29,31,36H,11-12,14-19,21-22H2,(H,34,37). The third kappa shape index (κ3) is 6.83. The molecule has 1 amide bonds. The number of likely N-dealkylation sites (tertiary alicyclic amines) is 1. The largest absolute Gasteiger partial charge is 0.392 e. The Morgan fingerprint density at radius 2 is 1.66 bits per heavy atom. The molecule has 0 radical (unpaired) electrons. The Balaban J connectivity index is 1.12. The van der Waals surface area contributed by atoms with Gasteiger partial charge in [-0.05, 0) is 28.8 Å². The molecule has 0 aliphatic carbocycles. The van der Waals surface area contributed by atoms with Gasteiger partial charge in [0.05, 0.1) is 37.6 Å². The van der Waals surface area contributed by atoms with Crippen LogP contribution in [0.25, 0.3) is 0 Å². The molecule has 3 fully saturated rings. The van der Waals surface area contributed by atoms with Gasteiger partial charge in [-0.15, -0.1) is 0 Å². The summed E-state index contributed by atoms with van der Waals surface area (Å²) in [6, 6.07) is 19.4. The van der Waals surface area contributed by atoms with Gasteiger partial charge < -0.3 is 34.3 Å². The first-order valence-electron chi connectivity index (χ1n) is 14.4. The zero-order valence-electron chi connectivity index (χ0n) is 23.1. The molecule has 3 atom stereocenters. The molecule has 3 aliphatic rings. The van der Waals surface area contributed by atoms with Gasteiger partial charge in [0, 0.05) is 63.4 Å². The number of nitrogens with zero attached hydrogens (tertiary/aromatic N) is 2. The van der Waals surface area contributed by atoms with E-state index in [1.165, 1.54) is 0 Å². The quantitative estimate of drug-likeness (QED) is 0.429. The molecule has 3 unspecified atom stereocenters. The molecule has 9 heteroatoms. The van der Waals surface area contributed by atoms with E-state index in [0.29, 0.717) is 25.3 Å². The fourth-order valence-electron chi connectivity index (χ4n) is 5.76. The second-order valence-electron chi connectivity index (χ2n) is 10.9. The first-order chi connectivity index (χ1) is 20.1. The highest BCUT2D eigenvalue weighted by Crippen LogP contribution is 2.39. The van der Waals surface area contributed by atoms with Gasteiger partial charge in [0.25, 0.3) is 5.91 Å². The van der Waals surface area contributed by atoms with Crippen LogP contribution in [0.15, 0.2) is 73.1 Å². The molecular formula is C32H37N3O6. The second-order valence-corrected chi connectivity index (χ2v) is 10.9. The van der Waals surface area contributed by atoms with Crippen LogP contribution < -0.4 is 5.32 Å². The van der Waals surface area contributed by atoms with E-state index in [1.807, 2.05) is 48.5 Å². The summed E-state index contributed by atoms with van der Waals surface area (Å²) < 4.78 is 24.9. The number of rotatable bonds is 8. The van der Waals surface area contributed by atoms with Crippen molar-refractivity contribution in [2.75, 3.05) is 32.8 Å². The normalized spacial score (nSPS) is 24.4. The molecular weight excluding hydrogens is 522 g/mol. The SMILES string of the molecule is O=C(NCc1ccc(C2OC(CN3CCC4(CC3)OCCO4)CC(c3ccc(CO)cc3)O2)cc1)c1cccnc1. The lowest BCUT2D eigenvalue weighted by molar-refractivity contribution is -0.255. The molecule has 3 aromatic rings. The minimum Gasteiger partial charge on any atom is -0.392 e. The average Bonchev–Trinajstić information content (AvgIpc) is 3.49. The molecule has 3 aliphatic heterocycles. The maximum atomic E-state index is 12.4. The zero-order valence-corrected chi connectivity index (χ0v) is 23.1. The molecule has 41 heavy (non-hydrogen) atoms. The van der Waals surface area contributed by atoms with Gasteiger partial charge in [-0.3, -0.25) is 9.78 Å². The third-order valence-corrected chi connectivity index (χ3v) is 8.14. The van der Waals surface area contributed by atoms with E-state index >= 15 is 0 Å². The summed E-state index contributed by atoms with van der Waals surface area (Å²) in [6.45, 7) is 4.39. The highest BCUT2D eigenvalue weighted by Gasteiger charge is 2.41. The number of aromatic nitrogens is 1. The van der Waals surface area contributed by atoms with Crippen LogP contribution in [0.2, 0.25) is 0 Å². The second kappa shape index (κ2) is 12.8. The smallest absolute Gasteiger partial charge is 0.253 e. The third-order valence-electron chi connectivity index (χ3n) is 8.14. The summed E-state index contributed by atoms with van der Waals surface area (Å²) in [4.78, 5) is 18.8. The highest BCUT2D eigenvalue weighted by atomic mass is 16.7. The van der Waals surface area contributed by atoms with E-state index in [9.17, 15) is 9.90 Å². The summed E-state index contributed by atoms with van der Waals surface area (Å²) in [7, 11) is 0. The van der Waals surface area contributed by atoms with Crippen LogP contribution in [-0.2, 0) is 32.1 Å². The van der Waals surface area contributed by atoms with Gasteiger partial charge in [0.15, 0.2) is 12.1 Å². The monoisotopic (exact) mass is 559 g/mol. The van der Waals surface area contributed by atoms with Crippen molar-refractivity contribution in [1.29, 1.82) is 0 Å². The Morgan fingerprint density at radius 3 is 2.34 bits per heavy atom. The minimum atomic E-state index is -0.520. The molecule has 4 heterocycles. The van der Waals surface area contributed by atoms with Crippen LogP contribution in [0, 0.1) is 0 Å². The summed E-state index contributed by atoms with van der Waals surface area (Å²) in [5.74, 6) is -0.556. The van der Waals surface area contributed by atoms with E-state index < -0.39 is 12.1 Å². The number of aliphatic hydroxyl groups excluding tert-OH is 1. The van der Waals surface area contributed by atoms with Crippen molar-refractivity contribution >= 4 is 5.91 Å². The Kier molecular flexibility index (Phi) is 8.71. The van der Waals surface area contributed by atoms with E-state index in [4.69, 9.17) is 18.9 Å². The van der Waals surface area contributed by atoms with E-state index in [1.54, 1.807) is 24.5 Å². The Bertz CT molecular complexity index is 1270. The fourth-order valence-corrected chi connectivity index (χ4v) is 5.76. The van der Waals surface area contributed by atoms with Crippen LogP contribution in [0.1, 0.15) is 64.3 Å². The van der Waals surface area contributed by atoms with Gasteiger partial charge in [0.1, 0.15) is 0 Å². The molecule has 0 saturated carbocycles. The van der Waals surface area contributed by atoms with Crippen molar-refractivity contribution in [3.8, 4) is 0 Å². The zero-order chi connectivity index (χ0) is 28.1.